The van der Waals surface area contributed by atoms with E-state index in [-0.39, 0.29) is 29.8 Å². The minimum Gasteiger partial charge on any atom is -0.487 e. The van der Waals surface area contributed by atoms with Crippen molar-refractivity contribution < 1.29 is 24.1 Å². The highest BCUT2D eigenvalue weighted by Gasteiger charge is 2.52. The number of fused-ring (bicyclic) bond motifs is 3. The van der Waals surface area contributed by atoms with Crippen molar-refractivity contribution >= 4 is 17.7 Å². The summed E-state index contributed by atoms with van der Waals surface area (Å²) in [7, 11) is 0. The van der Waals surface area contributed by atoms with E-state index < -0.39 is 5.60 Å². The molecule has 0 aliphatic carbocycles. The van der Waals surface area contributed by atoms with E-state index in [2.05, 4.69) is 39.1 Å². The maximum Gasteiger partial charge on any atom is 0.410 e. The monoisotopic (exact) mass is 604 g/mol. The first-order chi connectivity index (χ1) is 19.7. The van der Waals surface area contributed by atoms with Crippen LogP contribution in [0.3, 0.4) is 0 Å². The van der Waals surface area contributed by atoms with Crippen molar-refractivity contribution in [3.05, 3.63) is 40.4 Å². The number of aliphatic hydroxyl groups is 1. The largest absolute Gasteiger partial charge is 0.487 e. The summed E-state index contributed by atoms with van der Waals surface area (Å²) in [6.45, 7) is 18.7. The average molecular weight is 605 g/mol. The fourth-order valence-corrected chi connectivity index (χ4v) is 6.95. The molecule has 42 heavy (non-hydrogen) atoms. The highest BCUT2D eigenvalue weighted by Crippen LogP contribution is 2.55. The van der Waals surface area contributed by atoms with Gasteiger partial charge in [-0.1, -0.05) is 23.3 Å². The van der Waals surface area contributed by atoms with Crippen LogP contribution in [0, 0.1) is 16.7 Å². The van der Waals surface area contributed by atoms with Gasteiger partial charge in [0.15, 0.2) is 0 Å². The summed E-state index contributed by atoms with van der Waals surface area (Å²) < 4.78 is 18.1. The third kappa shape index (κ3) is 8.02. The Labute approximate surface area is 258 Å². The highest BCUT2D eigenvalue weighted by atomic mass is 35.5. The molecule has 0 saturated carbocycles. The smallest absolute Gasteiger partial charge is 0.410 e. The summed E-state index contributed by atoms with van der Waals surface area (Å²) >= 11 is 6.20. The molecule has 8 heteroatoms. The standard InChI is InChI=1S/C18H24ClNO2.C16H29NO3/c1-17(2)14-10-18(5-7-20-8-6-18)11-21-16(14)13-9-12(19)3-4-15(13)22-17;1-13(2)6-7-16(12-18)8-10-17(11-9-16)14(19)20-15(3,4)5/h3-4,9,14,16,20H,5-8,10-11H2,1-2H3;6,18H,7-12H2,1-5H3. The second-order valence-corrected chi connectivity index (χ2v) is 15.2. The topological polar surface area (TPSA) is 80.3 Å². The lowest BCUT2D eigenvalue weighted by molar-refractivity contribution is -0.169. The Kier molecular flexibility index (Phi) is 10.3. The van der Waals surface area contributed by atoms with Crippen LogP contribution in [0.2, 0.25) is 5.02 Å². The van der Waals surface area contributed by atoms with Crippen LogP contribution >= 0.6 is 11.6 Å². The summed E-state index contributed by atoms with van der Waals surface area (Å²) in [4.78, 5) is 13.8. The number of hydrogen-bond donors (Lipinski definition) is 2. The quantitative estimate of drug-likeness (QED) is 0.352. The fourth-order valence-electron chi connectivity index (χ4n) is 6.77. The van der Waals surface area contributed by atoms with Crippen molar-refractivity contribution in [1.29, 1.82) is 0 Å². The van der Waals surface area contributed by atoms with Crippen LogP contribution in [0.1, 0.15) is 98.7 Å². The van der Waals surface area contributed by atoms with E-state index in [4.69, 9.17) is 25.8 Å². The van der Waals surface area contributed by atoms with Gasteiger partial charge in [-0.2, -0.15) is 0 Å². The molecule has 7 nitrogen and oxygen atoms in total. The van der Waals surface area contributed by atoms with E-state index in [1.54, 1.807) is 4.90 Å². The van der Waals surface area contributed by atoms with Gasteiger partial charge in [0, 0.05) is 41.6 Å². The number of likely N-dealkylation sites (tertiary alicyclic amines) is 1. The minimum atomic E-state index is -0.454. The van der Waals surface area contributed by atoms with E-state index in [0.29, 0.717) is 24.4 Å². The minimum absolute atomic E-state index is 0.0736. The molecule has 0 bridgehead atoms. The molecule has 2 N–H and O–H groups in total. The number of nitrogens with one attached hydrogen (secondary N) is 1. The lowest BCUT2D eigenvalue weighted by Gasteiger charge is -2.53. The first-order valence-electron chi connectivity index (χ1n) is 15.7. The molecule has 1 aromatic carbocycles. The zero-order valence-corrected chi connectivity index (χ0v) is 27.6. The van der Waals surface area contributed by atoms with Gasteiger partial charge in [0.25, 0.3) is 0 Å². The summed E-state index contributed by atoms with van der Waals surface area (Å²) in [5, 5.41) is 13.9. The number of allylic oxidation sites excluding steroid dienone is 2. The van der Waals surface area contributed by atoms with Gasteiger partial charge in [-0.3, -0.25) is 0 Å². The molecule has 4 aliphatic rings. The van der Waals surface area contributed by atoms with E-state index in [9.17, 15) is 9.90 Å². The van der Waals surface area contributed by atoms with Crippen molar-refractivity contribution in [3.63, 3.8) is 0 Å². The molecule has 2 unspecified atom stereocenters. The second-order valence-electron chi connectivity index (χ2n) is 14.8. The van der Waals surface area contributed by atoms with Crippen LogP contribution in [0.25, 0.3) is 0 Å². The summed E-state index contributed by atoms with van der Waals surface area (Å²) in [6.07, 6.45) is 8.16. The number of nitrogens with zero attached hydrogens (tertiary/aromatic N) is 1. The zero-order valence-electron chi connectivity index (χ0n) is 26.9. The van der Waals surface area contributed by atoms with Crippen LogP contribution in [0.15, 0.2) is 29.8 Å². The molecule has 4 heterocycles. The molecule has 3 saturated heterocycles. The number of piperidine rings is 2. The van der Waals surface area contributed by atoms with E-state index >= 15 is 0 Å². The van der Waals surface area contributed by atoms with Crippen LogP contribution < -0.4 is 10.1 Å². The van der Waals surface area contributed by atoms with E-state index in [1.807, 2.05) is 39.0 Å². The number of aliphatic hydroxyl groups excluding tert-OH is 1. The molecule has 1 amide bonds. The summed E-state index contributed by atoms with van der Waals surface area (Å²) in [6, 6.07) is 5.89. The maximum atomic E-state index is 12.0. The molecule has 236 valence electrons. The molecule has 2 atom stereocenters. The van der Waals surface area contributed by atoms with Crippen molar-refractivity contribution in [2.75, 3.05) is 39.4 Å². The molecular weight excluding hydrogens is 552 g/mol. The predicted molar refractivity (Wildman–Crippen MR) is 168 cm³/mol. The highest BCUT2D eigenvalue weighted by molar-refractivity contribution is 6.30. The number of benzene rings is 1. The molecule has 5 rings (SSSR count). The van der Waals surface area contributed by atoms with Crippen LogP contribution in [-0.2, 0) is 9.47 Å². The maximum absolute atomic E-state index is 12.0. The Hall–Kier alpha value is -1.80. The second kappa shape index (κ2) is 13.1. The average Bonchev–Trinajstić information content (AvgIpc) is 2.93. The van der Waals surface area contributed by atoms with Crippen molar-refractivity contribution in [3.8, 4) is 5.75 Å². The van der Waals surface area contributed by atoms with Crippen LogP contribution in [0.4, 0.5) is 4.79 Å². The van der Waals surface area contributed by atoms with E-state index in [0.717, 1.165) is 55.3 Å². The molecule has 4 aliphatic heterocycles. The van der Waals surface area contributed by atoms with Gasteiger partial charge >= 0.3 is 6.09 Å². The number of carbonyl (C=O) groups is 1. The molecule has 1 aromatic rings. The first kappa shape index (κ1) is 33.1. The first-order valence-corrected chi connectivity index (χ1v) is 16.1. The number of amides is 1. The van der Waals surface area contributed by atoms with Crippen molar-refractivity contribution in [2.45, 2.75) is 104 Å². The molecule has 0 aromatic heterocycles. The predicted octanol–water partition coefficient (Wildman–Crippen LogP) is 7.31. The summed E-state index contributed by atoms with van der Waals surface area (Å²) in [5.41, 5.74) is 1.99. The Morgan fingerprint density at radius 2 is 1.83 bits per heavy atom. The SMILES string of the molecule is CC(C)=CCC1(CO)CCN(C(=O)OC(C)(C)C)CC1.CC1(C)Oc2ccc(Cl)cc2C2OCC3(CCNCC3)CC21. The molecule has 3 fully saturated rings. The third-order valence-corrected chi connectivity index (χ3v) is 9.79. The fraction of sp³-hybridized carbons (Fsp3) is 0.735. The van der Waals surface area contributed by atoms with Crippen molar-refractivity contribution in [1.82, 2.24) is 10.2 Å². The van der Waals surface area contributed by atoms with Crippen LogP contribution in [0.5, 0.6) is 5.75 Å². The normalized spacial score (nSPS) is 25.6. The van der Waals surface area contributed by atoms with Crippen LogP contribution in [-0.4, -0.2) is 66.7 Å². The van der Waals surface area contributed by atoms with Gasteiger partial charge in [0.1, 0.15) is 17.0 Å². The number of ether oxygens (including phenoxy) is 3. The number of rotatable bonds is 3. The molecule has 0 radical (unpaired) electrons. The van der Waals surface area contributed by atoms with Crippen molar-refractivity contribution in [2.24, 2.45) is 16.7 Å². The Bertz CT molecular complexity index is 1110. The van der Waals surface area contributed by atoms with E-state index in [1.165, 1.54) is 24.8 Å². The lowest BCUT2D eigenvalue weighted by atomic mass is 9.64. The van der Waals surface area contributed by atoms with Gasteiger partial charge in [0.05, 0.1) is 12.7 Å². The molecular formula is C34H53ClN2O5. The number of hydrogen-bond acceptors (Lipinski definition) is 6. The van der Waals surface area contributed by atoms with Gasteiger partial charge in [-0.15, -0.1) is 0 Å². The van der Waals surface area contributed by atoms with Gasteiger partial charge < -0.3 is 29.5 Å². The Morgan fingerprint density at radius 3 is 2.43 bits per heavy atom. The Balaban J connectivity index is 0.000000194. The zero-order chi connectivity index (χ0) is 30.8. The van der Waals surface area contributed by atoms with Gasteiger partial charge in [-0.25, -0.2) is 4.79 Å². The molecule has 1 spiro atoms. The summed E-state index contributed by atoms with van der Waals surface area (Å²) in [5.74, 6) is 1.31. The third-order valence-electron chi connectivity index (χ3n) is 9.55. The lowest BCUT2D eigenvalue weighted by Crippen LogP contribution is -2.53. The van der Waals surface area contributed by atoms with Gasteiger partial charge in [0.2, 0.25) is 0 Å². The van der Waals surface area contributed by atoms with Gasteiger partial charge in [-0.05, 0) is 124 Å². The Morgan fingerprint density at radius 1 is 1.17 bits per heavy atom. The number of halogens is 1. The number of carbonyl (C=O) groups excluding carboxylic acids is 1.